The Morgan fingerprint density at radius 3 is 2.22 bits per heavy atom. The van der Waals surface area contributed by atoms with Gasteiger partial charge in [0.05, 0.1) is 29.2 Å². The highest BCUT2D eigenvalue weighted by molar-refractivity contribution is 6.27. The number of furan rings is 1. The number of imide groups is 1. The first kappa shape index (κ1) is 23.6. The van der Waals surface area contributed by atoms with E-state index in [-0.39, 0.29) is 23.5 Å². The second-order valence-corrected chi connectivity index (χ2v) is 10.7. The van der Waals surface area contributed by atoms with Crippen molar-refractivity contribution in [2.24, 2.45) is 16.9 Å². The highest BCUT2D eigenvalue weighted by atomic mass is 16.3. The second kappa shape index (κ2) is 8.60. The molecule has 1 aliphatic heterocycles. The third-order valence-corrected chi connectivity index (χ3v) is 8.87. The zero-order valence-electron chi connectivity index (χ0n) is 21.7. The highest BCUT2D eigenvalue weighted by Gasteiger charge is 2.68. The van der Waals surface area contributed by atoms with E-state index >= 15 is 0 Å². The molecule has 4 aromatic carbocycles. The molecule has 7 heteroatoms. The zero-order valence-corrected chi connectivity index (χ0v) is 21.7. The van der Waals surface area contributed by atoms with Crippen LogP contribution < -0.4 is 10.3 Å². The summed E-state index contributed by atoms with van der Waals surface area (Å²) in [5, 5.41) is 6.21. The average Bonchev–Trinajstić information content (AvgIpc) is 3.65. The van der Waals surface area contributed by atoms with Gasteiger partial charge < -0.3 is 4.42 Å². The van der Waals surface area contributed by atoms with Crippen molar-refractivity contribution in [3.05, 3.63) is 137 Å². The van der Waals surface area contributed by atoms with Crippen LogP contribution >= 0.6 is 0 Å². The number of anilines is 1. The number of nitrogens with zero attached hydrogens (tertiary/aromatic N) is 2. The Kier molecular flexibility index (Phi) is 4.94. The summed E-state index contributed by atoms with van der Waals surface area (Å²) in [5.41, 5.74) is 5.91. The number of carbonyl (C=O) groups excluding carboxylic acids is 3. The molecular formula is C34H23N3O4. The molecule has 0 unspecified atom stereocenters. The molecule has 1 saturated heterocycles. The zero-order chi connectivity index (χ0) is 27.7. The molecule has 5 aromatic rings. The van der Waals surface area contributed by atoms with Crippen LogP contribution in [0.15, 0.2) is 119 Å². The van der Waals surface area contributed by atoms with Crippen LogP contribution in [0.1, 0.15) is 38.7 Å². The molecular weight excluding hydrogens is 514 g/mol. The molecule has 198 valence electrons. The minimum absolute atomic E-state index is 0.125. The molecule has 2 heterocycles. The van der Waals surface area contributed by atoms with Crippen LogP contribution in [0.5, 0.6) is 0 Å². The summed E-state index contributed by atoms with van der Waals surface area (Å²) in [6.45, 7) is 0. The molecule has 2 atom stereocenters. The fraction of sp³-hybridized carbons (Fsp3) is 0.118. The van der Waals surface area contributed by atoms with Crippen LogP contribution in [0.4, 0.5) is 5.69 Å². The normalized spacial score (nSPS) is 24.0. The first-order valence-corrected chi connectivity index (χ1v) is 13.5. The Hall–Kier alpha value is -5.30. The molecule has 1 N–H and O–H groups in total. The minimum Gasteiger partial charge on any atom is -0.459 e. The first-order valence-electron chi connectivity index (χ1n) is 13.5. The van der Waals surface area contributed by atoms with E-state index in [9.17, 15) is 14.4 Å². The quantitative estimate of drug-likeness (QED) is 0.189. The molecule has 3 aliphatic carbocycles. The summed E-state index contributed by atoms with van der Waals surface area (Å²) in [7, 11) is 0. The van der Waals surface area contributed by atoms with E-state index in [0.717, 1.165) is 33.0 Å². The van der Waals surface area contributed by atoms with Gasteiger partial charge in [0.25, 0.3) is 0 Å². The lowest BCUT2D eigenvalue weighted by atomic mass is 9.47. The van der Waals surface area contributed by atoms with Gasteiger partial charge in [-0.15, -0.1) is 0 Å². The van der Waals surface area contributed by atoms with Gasteiger partial charge in [0.2, 0.25) is 11.8 Å². The standard InChI is InChI=1S/C34H23N3O4/c38-31(27-17-8-18-41-27)36-35-19-34-24-14-5-3-12-22(24)28(23-13-4-6-15-25(23)34)29-30(34)33(40)37(32(29)39)26-16-7-10-20-9-1-2-11-21(20)26/h1-19,28-30H,(H,36,38)/b35-19-/t28?,29-,30+,34?/m0/s1. The molecule has 1 fully saturated rings. The summed E-state index contributed by atoms with van der Waals surface area (Å²) in [5.74, 6) is -2.52. The predicted octanol–water partition coefficient (Wildman–Crippen LogP) is 5.40. The largest absolute Gasteiger partial charge is 0.459 e. The summed E-state index contributed by atoms with van der Waals surface area (Å²) in [6, 6.07) is 32.5. The number of rotatable bonds is 4. The SMILES string of the molecule is O=C(N/N=C\C12c3ccccc3C(c3ccccc31)[C@@H]1C(=O)N(c3cccc4ccccc34)C(=O)[C@@H]12)c1ccco1. The molecule has 0 spiro atoms. The molecule has 4 aliphatic rings. The van der Waals surface area contributed by atoms with Crippen molar-refractivity contribution in [3.63, 3.8) is 0 Å². The van der Waals surface area contributed by atoms with Crippen LogP contribution in [0.25, 0.3) is 10.8 Å². The molecule has 3 amide bonds. The number of hydrogen-bond donors (Lipinski definition) is 1. The number of amides is 3. The lowest BCUT2D eigenvalue weighted by molar-refractivity contribution is -0.122. The lowest BCUT2D eigenvalue weighted by Crippen LogP contribution is -2.54. The van der Waals surface area contributed by atoms with Gasteiger partial charge in [-0.25, -0.2) is 10.3 Å². The van der Waals surface area contributed by atoms with Crippen molar-refractivity contribution >= 4 is 40.4 Å². The number of hydrogen-bond acceptors (Lipinski definition) is 5. The van der Waals surface area contributed by atoms with Gasteiger partial charge in [0.15, 0.2) is 5.76 Å². The van der Waals surface area contributed by atoms with Crippen molar-refractivity contribution < 1.29 is 18.8 Å². The van der Waals surface area contributed by atoms with Gasteiger partial charge in [-0.1, -0.05) is 84.9 Å². The van der Waals surface area contributed by atoms with Crippen LogP contribution in [0.2, 0.25) is 0 Å². The van der Waals surface area contributed by atoms with Crippen molar-refractivity contribution in [1.29, 1.82) is 0 Å². The fourth-order valence-corrected chi connectivity index (χ4v) is 7.35. The van der Waals surface area contributed by atoms with E-state index in [1.165, 1.54) is 11.2 Å². The third kappa shape index (κ3) is 3.08. The third-order valence-electron chi connectivity index (χ3n) is 8.87. The fourth-order valence-electron chi connectivity index (χ4n) is 7.35. The maximum absolute atomic E-state index is 14.6. The van der Waals surface area contributed by atoms with Gasteiger partial charge in [-0.3, -0.25) is 14.4 Å². The van der Waals surface area contributed by atoms with Crippen LogP contribution in [-0.4, -0.2) is 23.9 Å². The van der Waals surface area contributed by atoms with Crippen molar-refractivity contribution in [2.45, 2.75) is 11.3 Å². The maximum atomic E-state index is 14.6. The van der Waals surface area contributed by atoms with Gasteiger partial charge >= 0.3 is 5.91 Å². The van der Waals surface area contributed by atoms with Gasteiger partial charge in [-0.2, -0.15) is 5.10 Å². The Bertz CT molecular complexity index is 1870. The maximum Gasteiger partial charge on any atom is 0.307 e. The van der Waals surface area contributed by atoms with Gasteiger partial charge in [0, 0.05) is 17.5 Å². The molecule has 9 rings (SSSR count). The molecule has 7 nitrogen and oxygen atoms in total. The van der Waals surface area contributed by atoms with E-state index in [0.29, 0.717) is 5.69 Å². The Balaban J connectivity index is 1.34. The Labute approximate surface area is 235 Å². The summed E-state index contributed by atoms with van der Waals surface area (Å²) in [4.78, 5) is 43.2. The van der Waals surface area contributed by atoms with Crippen molar-refractivity contribution in [2.75, 3.05) is 4.90 Å². The number of hydrazone groups is 1. The van der Waals surface area contributed by atoms with Gasteiger partial charge in [0.1, 0.15) is 0 Å². The average molecular weight is 538 g/mol. The van der Waals surface area contributed by atoms with Crippen LogP contribution in [-0.2, 0) is 15.0 Å². The lowest BCUT2D eigenvalue weighted by Gasteiger charge is -2.52. The smallest absolute Gasteiger partial charge is 0.307 e. The summed E-state index contributed by atoms with van der Waals surface area (Å²) in [6.07, 6.45) is 3.07. The van der Waals surface area contributed by atoms with E-state index in [4.69, 9.17) is 4.42 Å². The molecule has 2 bridgehead atoms. The summed E-state index contributed by atoms with van der Waals surface area (Å²) >= 11 is 0. The highest BCUT2D eigenvalue weighted by Crippen LogP contribution is 2.63. The Morgan fingerprint density at radius 1 is 0.805 bits per heavy atom. The summed E-state index contributed by atoms with van der Waals surface area (Å²) < 4.78 is 5.22. The predicted molar refractivity (Wildman–Crippen MR) is 154 cm³/mol. The number of nitrogens with one attached hydrogen (secondary N) is 1. The topological polar surface area (TPSA) is 92.0 Å². The molecule has 41 heavy (non-hydrogen) atoms. The number of carbonyl (C=O) groups is 3. The van der Waals surface area contributed by atoms with E-state index < -0.39 is 23.2 Å². The van der Waals surface area contributed by atoms with E-state index in [2.05, 4.69) is 10.5 Å². The van der Waals surface area contributed by atoms with Crippen LogP contribution in [0.3, 0.4) is 0 Å². The van der Waals surface area contributed by atoms with Crippen LogP contribution in [0, 0.1) is 11.8 Å². The molecule has 1 aromatic heterocycles. The monoisotopic (exact) mass is 537 g/mol. The van der Waals surface area contributed by atoms with E-state index in [1.807, 2.05) is 91.0 Å². The first-order chi connectivity index (χ1) is 20.1. The number of fused-ring (bicyclic) bond motifs is 1. The van der Waals surface area contributed by atoms with E-state index in [1.54, 1.807) is 18.3 Å². The number of benzene rings is 4. The van der Waals surface area contributed by atoms with Crippen molar-refractivity contribution in [3.8, 4) is 0 Å². The minimum atomic E-state index is -1.07. The van der Waals surface area contributed by atoms with Gasteiger partial charge in [-0.05, 0) is 45.8 Å². The molecule has 0 radical (unpaired) electrons. The van der Waals surface area contributed by atoms with Crippen molar-refractivity contribution in [1.82, 2.24) is 5.43 Å². The second-order valence-electron chi connectivity index (χ2n) is 10.7. The Morgan fingerprint density at radius 2 is 1.49 bits per heavy atom. The molecule has 0 saturated carbocycles.